The quantitative estimate of drug-likeness (QED) is 0.805. The lowest BCUT2D eigenvalue weighted by molar-refractivity contribution is -0.117. The summed E-state index contributed by atoms with van der Waals surface area (Å²) < 4.78 is 0. The van der Waals surface area contributed by atoms with Crippen molar-refractivity contribution in [2.45, 2.75) is 12.8 Å². The van der Waals surface area contributed by atoms with Crippen molar-refractivity contribution >= 4 is 28.8 Å². The Kier molecular flexibility index (Phi) is 4.28. The molecule has 1 amide bonds. The lowest BCUT2D eigenvalue weighted by Crippen LogP contribution is -2.31. The number of anilines is 1. The average molecular weight is 263 g/mol. The smallest absolute Gasteiger partial charge is 0.238 e. The second kappa shape index (κ2) is 5.93. The molecule has 4 nitrogen and oxygen atoms in total. The van der Waals surface area contributed by atoms with Crippen molar-refractivity contribution in [3.05, 3.63) is 29.8 Å². The Labute approximate surface area is 112 Å². The Hall–Kier alpha value is -1.46. The van der Waals surface area contributed by atoms with Gasteiger partial charge in [0.2, 0.25) is 5.91 Å². The van der Waals surface area contributed by atoms with E-state index < -0.39 is 0 Å². The van der Waals surface area contributed by atoms with Crippen molar-refractivity contribution in [1.82, 2.24) is 4.90 Å². The highest BCUT2D eigenvalue weighted by Crippen LogP contribution is 2.15. The molecular weight excluding hydrogens is 246 g/mol. The van der Waals surface area contributed by atoms with E-state index in [0.29, 0.717) is 22.8 Å². The molecule has 1 aliphatic heterocycles. The van der Waals surface area contributed by atoms with Crippen molar-refractivity contribution in [3.63, 3.8) is 0 Å². The van der Waals surface area contributed by atoms with E-state index in [2.05, 4.69) is 10.2 Å². The van der Waals surface area contributed by atoms with E-state index in [0.717, 1.165) is 13.1 Å². The van der Waals surface area contributed by atoms with Gasteiger partial charge in [-0.3, -0.25) is 9.69 Å². The molecule has 0 bridgehead atoms. The number of para-hydroxylation sites is 1. The molecule has 0 unspecified atom stereocenters. The predicted molar refractivity (Wildman–Crippen MR) is 76.6 cm³/mol. The third-order valence-corrected chi connectivity index (χ3v) is 3.25. The zero-order valence-electron chi connectivity index (χ0n) is 10.2. The maximum absolute atomic E-state index is 11.9. The molecule has 1 saturated heterocycles. The summed E-state index contributed by atoms with van der Waals surface area (Å²) in [6.45, 7) is 2.44. The Morgan fingerprint density at radius 1 is 1.33 bits per heavy atom. The molecule has 18 heavy (non-hydrogen) atoms. The molecule has 1 aromatic rings. The molecule has 1 fully saturated rings. The Morgan fingerprint density at radius 3 is 2.67 bits per heavy atom. The molecule has 0 atom stereocenters. The summed E-state index contributed by atoms with van der Waals surface area (Å²) in [5.74, 6) is -0.0133. The summed E-state index contributed by atoms with van der Waals surface area (Å²) in [7, 11) is 0. The number of hydrogen-bond acceptors (Lipinski definition) is 3. The largest absolute Gasteiger partial charge is 0.389 e. The molecule has 0 aliphatic carbocycles. The first-order valence-corrected chi connectivity index (χ1v) is 6.48. The number of amides is 1. The van der Waals surface area contributed by atoms with E-state index in [1.165, 1.54) is 12.8 Å². The van der Waals surface area contributed by atoms with Crippen molar-refractivity contribution in [3.8, 4) is 0 Å². The minimum Gasteiger partial charge on any atom is -0.389 e. The van der Waals surface area contributed by atoms with Crippen molar-refractivity contribution in [2.75, 3.05) is 25.0 Å². The van der Waals surface area contributed by atoms with Gasteiger partial charge in [-0.1, -0.05) is 24.4 Å². The monoisotopic (exact) mass is 263 g/mol. The zero-order chi connectivity index (χ0) is 13.0. The fourth-order valence-corrected chi connectivity index (χ4v) is 2.32. The molecule has 96 valence electrons. The van der Waals surface area contributed by atoms with Crippen LogP contribution in [0.4, 0.5) is 5.69 Å². The number of carbonyl (C=O) groups excluding carboxylic acids is 1. The molecule has 0 radical (unpaired) electrons. The van der Waals surface area contributed by atoms with Crippen LogP contribution in [0.5, 0.6) is 0 Å². The minimum absolute atomic E-state index is 0.0133. The van der Waals surface area contributed by atoms with Crippen molar-refractivity contribution in [1.29, 1.82) is 0 Å². The highest BCUT2D eigenvalue weighted by Gasteiger charge is 2.16. The Bertz CT molecular complexity index is 455. The average Bonchev–Trinajstić information content (AvgIpc) is 2.82. The van der Waals surface area contributed by atoms with Gasteiger partial charge in [0.15, 0.2) is 0 Å². The summed E-state index contributed by atoms with van der Waals surface area (Å²) in [6.07, 6.45) is 2.35. The van der Waals surface area contributed by atoms with Gasteiger partial charge in [-0.05, 0) is 38.1 Å². The fourth-order valence-electron chi connectivity index (χ4n) is 2.14. The van der Waals surface area contributed by atoms with E-state index in [9.17, 15) is 4.79 Å². The van der Waals surface area contributed by atoms with E-state index in [1.807, 2.05) is 24.3 Å². The number of likely N-dealkylation sites (tertiary alicyclic amines) is 1. The third-order valence-electron chi connectivity index (χ3n) is 3.03. The number of hydrogen-bond donors (Lipinski definition) is 2. The third kappa shape index (κ3) is 3.27. The van der Waals surface area contributed by atoms with Gasteiger partial charge in [0.25, 0.3) is 0 Å². The van der Waals surface area contributed by atoms with Gasteiger partial charge in [0.05, 0.1) is 12.2 Å². The first-order valence-electron chi connectivity index (χ1n) is 6.08. The van der Waals surface area contributed by atoms with Crippen LogP contribution in [-0.2, 0) is 4.79 Å². The standard InChI is InChI=1S/C13H17N3OS/c14-13(18)10-5-1-2-6-11(10)15-12(17)9-16-7-3-4-8-16/h1-2,5-6H,3-4,7-9H2,(H2,14,18)(H,15,17). The van der Waals surface area contributed by atoms with Crippen molar-refractivity contribution < 1.29 is 4.79 Å². The number of carbonyl (C=O) groups is 1. The zero-order valence-corrected chi connectivity index (χ0v) is 11.0. The number of rotatable bonds is 4. The molecule has 3 N–H and O–H groups in total. The molecule has 2 rings (SSSR count). The van der Waals surface area contributed by atoms with Crippen LogP contribution < -0.4 is 11.1 Å². The first-order chi connectivity index (χ1) is 8.66. The predicted octanol–water partition coefficient (Wildman–Crippen LogP) is 1.36. The van der Waals surface area contributed by atoms with E-state index in [1.54, 1.807) is 0 Å². The number of nitrogens with two attached hydrogens (primary N) is 1. The lowest BCUT2D eigenvalue weighted by atomic mass is 10.2. The molecule has 1 heterocycles. The van der Waals surface area contributed by atoms with E-state index >= 15 is 0 Å². The van der Waals surface area contributed by atoms with Gasteiger partial charge in [0.1, 0.15) is 4.99 Å². The Morgan fingerprint density at radius 2 is 2.00 bits per heavy atom. The van der Waals surface area contributed by atoms with Crippen molar-refractivity contribution in [2.24, 2.45) is 5.73 Å². The molecule has 0 saturated carbocycles. The summed E-state index contributed by atoms with van der Waals surface area (Å²) in [5.41, 5.74) is 7.02. The van der Waals surface area contributed by atoms with Gasteiger partial charge in [-0.25, -0.2) is 0 Å². The van der Waals surface area contributed by atoms with E-state index in [4.69, 9.17) is 18.0 Å². The number of nitrogens with one attached hydrogen (secondary N) is 1. The summed E-state index contributed by atoms with van der Waals surface area (Å²) in [6, 6.07) is 7.34. The summed E-state index contributed by atoms with van der Waals surface area (Å²) >= 11 is 4.96. The van der Waals surface area contributed by atoms with Crippen LogP contribution in [0.3, 0.4) is 0 Å². The molecule has 0 aromatic heterocycles. The summed E-state index contributed by atoms with van der Waals surface area (Å²) in [4.78, 5) is 14.4. The van der Waals surface area contributed by atoms with Crippen LogP contribution in [-0.4, -0.2) is 35.4 Å². The second-order valence-corrected chi connectivity index (χ2v) is 4.88. The molecule has 0 spiro atoms. The molecule has 1 aliphatic rings. The highest BCUT2D eigenvalue weighted by atomic mass is 32.1. The normalized spacial score (nSPS) is 15.6. The topological polar surface area (TPSA) is 58.4 Å². The van der Waals surface area contributed by atoms with Crippen LogP contribution in [0.1, 0.15) is 18.4 Å². The SMILES string of the molecule is NC(=S)c1ccccc1NC(=O)CN1CCCC1. The van der Waals surface area contributed by atoms with Gasteiger partial charge in [-0.2, -0.15) is 0 Å². The first kappa shape index (κ1) is 13.0. The molecule has 1 aromatic carbocycles. The Balaban J connectivity index is 2.00. The fraction of sp³-hybridized carbons (Fsp3) is 0.385. The van der Waals surface area contributed by atoms with Crippen LogP contribution in [0.2, 0.25) is 0 Å². The number of benzene rings is 1. The minimum atomic E-state index is -0.0133. The van der Waals surface area contributed by atoms with Gasteiger partial charge >= 0.3 is 0 Å². The van der Waals surface area contributed by atoms with Gasteiger partial charge < -0.3 is 11.1 Å². The lowest BCUT2D eigenvalue weighted by Gasteiger charge is -2.15. The van der Waals surface area contributed by atoms with Crippen LogP contribution in [0.25, 0.3) is 0 Å². The number of nitrogens with zero attached hydrogens (tertiary/aromatic N) is 1. The maximum atomic E-state index is 11.9. The van der Waals surface area contributed by atoms with E-state index in [-0.39, 0.29) is 5.91 Å². The molecule has 5 heteroatoms. The summed E-state index contributed by atoms with van der Waals surface area (Å²) in [5, 5.41) is 2.87. The van der Waals surface area contributed by atoms with Gasteiger partial charge in [-0.15, -0.1) is 0 Å². The van der Waals surface area contributed by atoms with Crippen LogP contribution in [0, 0.1) is 0 Å². The van der Waals surface area contributed by atoms with Gasteiger partial charge in [0, 0.05) is 5.56 Å². The number of thiocarbonyl (C=S) groups is 1. The maximum Gasteiger partial charge on any atom is 0.238 e. The second-order valence-electron chi connectivity index (χ2n) is 4.44. The van der Waals surface area contributed by atoms with Crippen LogP contribution >= 0.6 is 12.2 Å². The highest BCUT2D eigenvalue weighted by molar-refractivity contribution is 7.80. The van der Waals surface area contributed by atoms with Crippen LogP contribution in [0.15, 0.2) is 24.3 Å². The molecular formula is C13H17N3OS.